The Hall–Kier alpha value is -1.22. The van der Waals surface area contributed by atoms with E-state index in [0.717, 1.165) is 30.6 Å². The molecule has 1 aromatic carbocycles. The van der Waals surface area contributed by atoms with E-state index in [0.29, 0.717) is 11.8 Å². The van der Waals surface area contributed by atoms with Crippen LogP contribution in [0.25, 0.3) is 0 Å². The van der Waals surface area contributed by atoms with Crippen molar-refractivity contribution in [2.45, 2.75) is 52.6 Å². The molecule has 0 saturated heterocycles. The largest absolute Gasteiger partial charge is 0.508 e. The normalized spacial score (nSPS) is 14.2. The molecule has 2 unspecified atom stereocenters. The second-order valence-corrected chi connectivity index (χ2v) is 5.29. The third kappa shape index (κ3) is 4.13. The minimum atomic E-state index is 0.183. The Morgan fingerprint density at radius 2 is 1.95 bits per heavy atom. The molecule has 2 N–H and O–H groups in total. The fourth-order valence-electron chi connectivity index (χ4n) is 2.12. The molecule has 0 bridgehead atoms. The number of benzene rings is 1. The molecular formula is C16H28N2O. The highest BCUT2D eigenvalue weighted by Crippen LogP contribution is 2.29. The summed E-state index contributed by atoms with van der Waals surface area (Å²) < 4.78 is 0. The SMILES string of the molecule is CCCNC(C)c1ccc(N(C)C(C)CC)cc1O. The summed E-state index contributed by atoms with van der Waals surface area (Å²) in [4.78, 5) is 2.20. The summed E-state index contributed by atoms with van der Waals surface area (Å²) in [6, 6.07) is 6.64. The smallest absolute Gasteiger partial charge is 0.122 e. The van der Waals surface area contributed by atoms with Crippen LogP contribution < -0.4 is 10.2 Å². The van der Waals surface area contributed by atoms with E-state index >= 15 is 0 Å². The lowest BCUT2D eigenvalue weighted by Gasteiger charge is -2.27. The average molecular weight is 264 g/mol. The summed E-state index contributed by atoms with van der Waals surface area (Å²) in [5, 5.41) is 13.6. The maximum atomic E-state index is 10.2. The summed E-state index contributed by atoms with van der Waals surface area (Å²) >= 11 is 0. The Kier molecular flexibility index (Phi) is 6.16. The minimum absolute atomic E-state index is 0.183. The summed E-state index contributed by atoms with van der Waals surface area (Å²) in [6.45, 7) is 9.56. The van der Waals surface area contributed by atoms with Crippen LogP contribution in [0, 0.1) is 0 Å². The number of rotatable bonds is 7. The van der Waals surface area contributed by atoms with Gasteiger partial charge in [0, 0.05) is 36.4 Å². The zero-order chi connectivity index (χ0) is 14.4. The van der Waals surface area contributed by atoms with Crippen LogP contribution in [0.15, 0.2) is 18.2 Å². The first-order valence-corrected chi connectivity index (χ1v) is 7.30. The zero-order valence-electron chi connectivity index (χ0n) is 12.9. The molecule has 1 aromatic rings. The standard InChI is InChI=1S/C16H28N2O/c1-6-10-17-13(4)15-9-8-14(11-16(15)19)18(5)12(3)7-2/h8-9,11-13,17,19H,6-7,10H2,1-5H3. The lowest BCUT2D eigenvalue weighted by Crippen LogP contribution is -2.28. The third-order valence-corrected chi connectivity index (χ3v) is 3.84. The van der Waals surface area contributed by atoms with E-state index in [1.807, 2.05) is 12.1 Å². The highest BCUT2D eigenvalue weighted by atomic mass is 16.3. The van der Waals surface area contributed by atoms with Gasteiger partial charge in [0.1, 0.15) is 5.75 Å². The van der Waals surface area contributed by atoms with Gasteiger partial charge in [-0.15, -0.1) is 0 Å². The molecule has 19 heavy (non-hydrogen) atoms. The fourth-order valence-corrected chi connectivity index (χ4v) is 2.12. The molecule has 0 radical (unpaired) electrons. The summed E-state index contributed by atoms with van der Waals surface area (Å²) in [5.41, 5.74) is 2.04. The molecule has 3 nitrogen and oxygen atoms in total. The van der Waals surface area contributed by atoms with E-state index in [4.69, 9.17) is 0 Å². The Morgan fingerprint density at radius 1 is 1.26 bits per heavy atom. The van der Waals surface area contributed by atoms with Crippen molar-refractivity contribution in [3.05, 3.63) is 23.8 Å². The Morgan fingerprint density at radius 3 is 2.47 bits per heavy atom. The number of phenols is 1. The molecule has 0 spiro atoms. The first-order chi connectivity index (χ1) is 9.01. The first kappa shape index (κ1) is 15.8. The molecule has 0 aliphatic heterocycles. The number of phenolic OH excluding ortho intramolecular Hbond substituents is 1. The Bertz CT molecular complexity index is 392. The predicted molar refractivity (Wildman–Crippen MR) is 83.0 cm³/mol. The Labute approximate surface area is 117 Å². The van der Waals surface area contributed by atoms with Crippen LogP contribution >= 0.6 is 0 Å². The molecule has 0 heterocycles. The summed E-state index contributed by atoms with van der Waals surface area (Å²) in [7, 11) is 2.07. The van der Waals surface area contributed by atoms with Crippen LogP contribution in [-0.4, -0.2) is 24.7 Å². The number of nitrogens with zero attached hydrogens (tertiary/aromatic N) is 1. The van der Waals surface area contributed by atoms with E-state index in [2.05, 4.69) is 51.0 Å². The van der Waals surface area contributed by atoms with Gasteiger partial charge in [-0.3, -0.25) is 0 Å². The maximum absolute atomic E-state index is 10.2. The quantitative estimate of drug-likeness (QED) is 0.788. The van der Waals surface area contributed by atoms with Crippen molar-refractivity contribution in [3.63, 3.8) is 0 Å². The highest BCUT2D eigenvalue weighted by molar-refractivity contribution is 5.54. The topological polar surface area (TPSA) is 35.5 Å². The van der Waals surface area contributed by atoms with Gasteiger partial charge >= 0.3 is 0 Å². The third-order valence-electron chi connectivity index (χ3n) is 3.84. The molecule has 0 aromatic heterocycles. The van der Waals surface area contributed by atoms with E-state index in [-0.39, 0.29) is 6.04 Å². The first-order valence-electron chi connectivity index (χ1n) is 7.30. The van der Waals surface area contributed by atoms with Gasteiger partial charge in [0.05, 0.1) is 0 Å². The number of nitrogens with one attached hydrogen (secondary N) is 1. The van der Waals surface area contributed by atoms with Crippen LogP contribution in [0.5, 0.6) is 5.75 Å². The van der Waals surface area contributed by atoms with Gasteiger partial charge in [0.2, 0.25) is 0 Å². The molecule has 3 heteroatoms. The Balaban J connectivity index is 2.85. The van der Waals surface area contributed by atoms with Gasteiger partial charge in [-0.25, -0.2) is 0 Å². The van der Waals surface area contributed by atoms with Gasteiger partial charge in [0.25, 0.3) is 0 Å². The van der Waals surface area contributed by atoms with Gasteiger partial charge < -0.3 is 15.3 Å². The van der Waals surface area contributed by atoms with Crippen LogP contribution in [0.3, 0.4) is 0 Å². The van der Waals surface area contributed by atoms with Crippen molar-refractivity contribution in [2.24, 2.45) is 0 Å². The van der Waals surface area contributed by atoms with Crippen LogP contribution in [-0.2, 0) is 0 Å². The van der Waals surface area contributed by atoms with Crippen molar-refractivity contribution in [1.82, 2.24) is 5.32 Å². The van der Waals surface area contributed by atoms with E-state index < -0.39 is 0 Å². The average Bonchev–Trinajstić information content (AvgIpc) is 2.42. The lowest BCUT2D eigenvalue weighted by atomic mass is 10.1. The second-order valence-electron chi connectivity index (χ2n) is 5.29. The molecule has 0 aliphatic carbocycles. The van der Waals surface area contributed by atoms with Crippen molar-refractivity contribution in [3.8, 4) is 5.75 Å². The summed E-state index contributed by atoms with van der Waals surface area (Å²) in [6.07, 6.45) is 2.19. The second kappa shape index (κ2) is 7.39. The molecule has 0 amide bonds. The number of hydrogen-bond donors (Lipinski definition) is 2. The van der Waals surface area contributed by atoms with Crippen molar-refractivity contribution in [1.29, 1.82) is 0 Å². The lowest BCUT2D eigenvalue weighted by molar-refractivity contribution is 0.452. The minimum Gasteiger partial charge on any atom is -0.508 e. The van der Waals surface area contributed by atoms with Crippen LogP contribution in [0.1, 0.15) is 52.1 Å². The maximum Gasteiger partial charge on any atom is 0.122 e. The number of hydrogen-bond acceptors (Lipinski definition) is 3. The van der Waals surface area contributed by atoms with E-state index in [1.165, 1.54) is 0 Å². The van der Waals surface area contributed by atoms with Crippen molar-refractivity contribution >= 4 is 5.69 Å². The van der Waals surface area contributed by atoms with Gasteiger partial charge in [-0.2, -0.15) is 0 Å². The molecule has 2 atom stereocenters. The van der Waals surface area contributed by atoms with Crippen LogP contribution in [0.2, 0.25) is 0 Å². The van der Waals surface area contributed by atoms with Gasteiger partial charge in [0.15, 0.2) is 0 Å². The molecular weight excluding hydrogens is 236 g/mol. The van der Waals surface area contributed by atoms with Crippen LogP contribution in [0.4, 0.5) is 5.69 Å². The van der Waals surface area contributed by atoms with Gasteiger partial charge in [-0.1, -0.05) is 19.9 Å². The molecule has 108 valence electrons. The van der Waals surface area contributed by atoms with E-state index in [9.17, 15) is 5.11 Å². The van der Waals surface area contributed by atoms with Gasteiger partial charge in [-0.05, 0) is 39.3 Å². The zero-order valence-corrected chi connectivity index (χ0v) is 12.9. The molecule has 0 aliphatic rings. The number of anilines is 1. The monoisotopic (exact) mass is 264 g/mol. The molecule has 0 fully saturated rings. The van der Waals surface area contributed by atoms with E-state index in [1.54, 1.807) is 0 Å². The fraction of sp³-hybridized carbons (Fsp3) is 0.625. The van der Waals surface area contributed by atoms with Crippen molar-refractivity contribution < 1.29 is 5.11 Å². The predicted octanol–water partition coefficient (Wildman–Crippen LogP) is 3.69. The molecule has 1 rings (SSSR count). The van der Waals surface area contributed by atoms with Crippen molar-refractivity contribution in [2.75, 3.05) is 18.5 Å². The highest BCUT2D eigenvalue weighted by Gasteiger charge is 2.13. The summed E-state index contributed by atoms with van der Waals surface area (Å²) in [5.74, 6) is 0.378. The molecule has 0 saturated carbocycles. The number of aromatic hydroxyl groups is 1.